The van der Waals surface area contributed by atoms with Gasteiger partial charge in [-0.3, -0.25) is 9.59 Å². The highest BCUT2D eigenvalue weighted by atomic mass is 35.5. The number of carbonyl (C=O) groups excluding carboxylic acids is 1. The van der Waals surface area contributed by atoms with Crippen molar-refractivity contribution in [2.24, 2.45) is 0 Å². The third kappa shape index (κ3) is 4.76. The van der Waals surface area contributed by atoms with Gasteiger partial charge in [-0.25, -0.2) is 0 Å². The summed E-state index contributed by atoms with van der Waals surface area (Å²) in [5, 5.41) is 0. The van der Waals surface area contributed by atoms with Crippen molar-refractivity contribution >= 4 is 17.6 Å². The molecule has 0 bridgehead atoms. The van der Waals surface area contributed by atoms with E-state index in [4.69, 9.17) is 11.6 Å². The SMILES string of the molecule is CCOC(=O)Cc1[nH]c(=O)c(CCl)cc1OC(F)(F)F. The third-order valence-corrected chi connectivity index (χ3v) is 2.44. The summed E-state index contributed by atoms with van der Waals surface area (Å²) in [4.78, 5) is 24.9. The summed E-state index contributed by atoms with van der Waals surface area (Å²) < 4.78 is 45.2. The first-order valence-electron chi connectivity index (χ1n) is 5.49. The van der Waals surface area contributed by atoms with Crippen molar-refractivity contribution in [3.05, 3.63) is 27.7 Å². The second kappa shape index (κ2) is 6.65. The highest BCUT2D eigenvalue weighted by Gasteiger charge is 2.33. The van der Waals surface area contributed by atoms with E-state index in [1.165, 1.54) is 0 Å². The van der Waals surface area contributed by atoms with Crippen molar-refractivity contribution in [1.29, 1.82) is 0 Å². The number of hydrogen-bond donors (Lipinski definition) is 1. The van der Waals surface area contributed by atoms with Crippen molar-refractivity contribution in [3.63, 3.8) is 0 Å². The fourth-order valence-electron chi connectivity index (χ4n) is 1.39. The summed E-state index contributed by atoms with van der Waals surface area (Å²) in [5.74, 6) is -1.75. The van der Waals surface area contributed by atoms with Crippen LogP contribution in [-0.2, 0) is 21.8 Å². The zero-order chi connectivity index (χ0) is 15.3. The molecule has 20 heavy (non-hydrogen) atoms. The van der Waals surface area contributed by atoms with Gasteiger partial charge in [0.25, 0.3) is 5.56 Å². The van der Waals surface area contributed by atoms with Crippen LogP contribution >= 0.6 is 11.6 Å². The Kier molecular flexibility index (Phi) is 5.43. The van der Waals surface area contributed by atoms with E-state index >= 15 is 0 Å². The molecule has 0 fully saturated rings. The predicted molar refractivity (Wildman–Crippen MR) is 63.6 cm³/mol. The van der Waals surface area contributed by atoms with Crippen molar-refractivity contribution in [2.45, 2.75) is 25.6 Å². The minimum absolute atomic E-state index is 0.0677. The van der Waals surface area contributed by atoms with Crippen LogP contribution in [0.2, 0.25) is 0 Å². The van der Waals surface area contributed by atoms with Crippen LogP contribution in [0.25, 0.3) is 0 Å². The number of hydrogen-bond acceptors (Lipinski definition) is 4. The Bertz CT molecular complexity index is 541. The molecule has 5 nitrogen and oxygen atoms in total. The number of pyridine rings is 1. The molecule has 0 aromatic carbocycles. The fraction of sp³-hybridized carbons (Fsp3) is 0.455. The molecule has 0 saturated heterocycles. The van der Waals surface area contributed by atoms with Crippen LogP contribution in [0.15, 0.2) is 10.9 Å². The quantitative estimate of drug-likeness (QED) is 0.668. The monoisotopic (exact) mass is 313 g/mol. The Hall–Kier alpha value is -1.70. The number of nitrogens with one attached hydrogen (secondary N) is 1. The number of aromatic nitrogens is 1. The van der Waals surface area contributed by atoms with Gasteiger partial charge in [-0.05, 0) is 13.0 Å². The maximum atomic E-state index is 12.3. The summed E-state index contributed by atoms with van der Waals surface area (Å²) in [6.45, 7) is 1.61. The van der Waals surface area contributed by atoms with E-state index in [1.807, 2.05) is 0 Å². The second-order valence-electron chi connectivity index (χ2n) is 3.63. The molecule has 0 saturated carbocycles. The largest absolute Gasteiger partial charge is 0.573 e. The van der Waals surface area contributed by atoms with E-state index in [9.17, 15) is 22.8 Å². The van der Waals surface area contributed by atoms with Gasteiger partial charge in [0.05, 0.1) is 24.6 Å². The molecule has 0 unspecified atom stereocenters. The van der Waals surface area contributed by atoms with Gasteiger partial charge in [0.2, 0.25) is 0 Å². The third-order valence-electron chi connectivity index (χ3n) is 2.15. The standard InChI is InChI=1S/C11H11ClF3NO4/c1-2-19-9(17)4-7-8(20-11(13,14)15)3-6(5-12)10(18)16-7/h3H,2,4-5H2,1H3,(H,16,18). The molecule has 0 aliphatic heterocycles. The van der Waals surface area contributed by atoms with E-state index in [0.717, 1.165) is 6.07 Å². The van der Waals surface area contributed by atoms with E-state index in [2.05, 4.69) is 14.5 Å². The van der Waals surface area contributed by atoms with Gasteiger partial charge in [0.1, 0.15) is 5.75 Å². The topological polar surface area (TPSA) is 68.4 Å². The van der Waals surface area contributed by atoms with Crippen molar-refractivity contribution in [2.75, 3.05) is 6.61 Å². The maximum Gasteiger partial charge on any atom is 0.573 e. The lowest BCUT2D eigenvalue weighted by molar-refractivity contribution is -0.275. The van der Waals surface area contributed by atoms with Gasteiger partial charge in [-0.2, -0.15) is 0 Å². The highest BCUT2D eigenvalue weighted by molar-refractivity contribution is 6.17. The molecular formula is C11H11ClF3NO4. The molecule has 0 amide bonds. The number of esters is 1. The number of aromatic amines is 1. The molecule has 1 N–H and O–H groups in total. The van der Waals surface area contributed by atoms with Gasteiger partial charge in [-0.15, -0.1) is 24.8 Å². The number of ether oxygens (including phenoxy) is 2. The Balaban J connectivity index is 3.15. The van der Waals surface area contributed by atoms with Crippen LogP contribution in [-0.4, -0.2) is 23.9 Å². The Morgan fingerprint density at radius 1 is 1.45 bits per heavy atom. The number of alkyl halides is 4. The van der Waals surface area contributed by atoms with Gasteiger partial charge < -0.3 is 14.5 Å². The minimum atomic E-state index is -4.95. The molecule has 0 spiro atoms. The molecule has 1 aromatic rings. The Morgan fingerprint density at radius 2 is 2.10 bits per heavy atom. The van der Waals surface area contributed by atoms with Crippen LogP contribution in [0.4, 0.5) is 13.2 Å². The van der Waals surface area contributed by atoms with E-state index in [-0.39, 0.29) is 23.7 Å². The molecule has 1 rings (SSSR count). The van der Waals surface area contributed by atoms with Gasteiger partial charge >= 0.3 is 12.3 Å². The molecule has 112 valence electrons. The van der Waals surface area contributed by atoms with Gasteiger partial charge in [0.15, 0.2) is 0 Å². The highest BCUT2D eigenvalue weighted by Crippen LogP contribution is 2.26. The number of carbonyl (C=O) groups is 1. The molecule has 0 aliphatic carbocycles. The van der Waals surface area contributed by atoms with Crippen molar-refractivity contribution in [3.8, 4) is 5.75 Å². The first-order chi connectivity index (χ1) is 9.26. The second-order valence-corrected chi connectivity index (χ2v) is 3.90. The molecule has 9 heteroatoms. The number of halogens is 4. The molecule has 1 aromatic heterocycles. The van der Waals surface area contributed by atoms with Crippen molar-refractivity contribution < 1.29 is 27.4 Å². The Labute approximate surface area is 116 Å². The average Bonchev–Trinajstić information content (AvgIpc) is 2.31. The minimum Gasteiger partial charge on any atom is -0.466 e. The molecule has 0 aliphatic rings. The molecular weight excluding hydrogens is 303 g/mol. The van der Waals surface area contributed by atoms with E-state index in [1.54, 1.807) is 6.92 Å². The summed E-state index contributed by atoms with van der Waals surface area (Å²) in [6.07, 6.45) is -5.50. The predicted octanol–water partition coefficient (Wildman–Crippen LogP) is 2.12. The number of H-pyrrole nitrogens is 1. The lowest BCUT2D eigenvalue weighted by Gasteiger charge is -2.13. The van der Waals surface area contributed by atoms with Crippen LogP contribution in [0.3, 0.4) is 0 Å². The first-order valence-corrected chi connectivity index (χ1v) is 6.02. The summed E-state index contributed by atoms with van der Waals surface area (Å²) >= 11 is 5.43. The van der Waals surface area contributed by atoms with Crippen LogP contribution < -0.4 is 10.3 Å². The summed E-state index contributed by atoms with van der Waals surface area (Å²) in [5.41, 5.74) is -1.10. The summed E-state index contributed by atoms with van der Waals surface area (Å²) in [6, 6.07) is 0.855. The van der Waals surface area contributed by atoms with E-state index < -0.39 is 30.1 Å². The zero-order valence-corrected chi connectivity index (χ0v) is 11.1. The molecule has 1 heterocycles. The smallest absolute Gasteiger partial charge is 0.466 e. The Morgan fingerprint density at radius 3 is 2.60 bits per heavy atom. The zero-order valence-electron chi connectivity index (χ0n) is 10.3. The van der Waals surface area contributed by atoms with Gasteiger partial charge in [-0.1, -0.05) is 0 Å². The lowest BCUT2D eigenvalue weighted by atomic mass is 10.2. The average molecular weight is 314 g/mol. The molecule has 0 atom stereocenters. The number of rotatable bonds is 5. The molecule has 0 radical (unpaired) electrons. The summed E-state index contributed by atoms with van der Waals surface area (Å²) in [7, 11) is 0. The van der Waals surface area contributed by atoms with Crippen molar-refractivity contribution in [1.82, 2.24) is 4.98 Å². The lowest BCUT2D eigenvalue weighted by Crippen LogP contribution is -2.23. The van der Waals surface area contributed by atoms with Crippen LogP contribution in [0.1, 0.15) is 18.2 Å². The maximum absolute atomic E-state index is 12.3. The first kappa shape index (κ1) is 16.4. The fourth-order valence-corrected chi connectivity index (χ4v) is 1.59. The van der Waals surface area contributed by atoms with Gasteiger partial charge in [0, 0.05) is 5.56 Å². The van der Waals surface area contributed by atoms with Crippen LogP contribution in [0, 0.1) is 0 Å². The normalized spacial score (nSPS) is 11.2. The van der Waals surface area contributed by atoms with E-state index in [0.29, 0.717) is 0 Å². The van der Waals surface area contributed by atoms with Crippen LogP contribution in [0.5, 0.6) is 5.75 Å².